The molecule has 1 aromatic rings. The van der Waals surface area contributed by atoms with Gasteiger partial charge in [0.05, 0.1) is 6.20 Å². The van der Waals surface area contributed by atoms with E-state index in [-0.39, 0.29) is 0 Å². The number of hydrogen-bond donors (Lipinski definition) is 1. The molecule has 1 N–H and O–H groups in total. The van der Waals surface area contributed by atoms with Crippen molar-refractivity contribution in [2.24, 2.45) is 11.8 Å². The summed E-state index contributed by atoms with van der Waals surface area (Å²) in [7, 11) is 0. The predicted octanol–water partition coefficient (Wildman–Crippen LogP) is 3.98. The van der Waals surface area contributed by atoms with Crippen molar-refractivity contribution < 1.29 is 4.42 Å². The largest absolute Gasteiger partial charge is 0.446 e. The van der Waals surface area contributed by atoms with E-state index in [1.807, 2.05) is 6.20 Å². The molecule has 20 heavy (non-hydrogen) atoms. The van der Waals surface area contributed by atoms with Crippen molar-refractivity contribution in [3.05, 3.63) is 17.8 Å². The highest BCUT2D eigenvalue weighted by Gasteiger charge is 2.15. The van der Waals surface area contributed by atoms with E-state index in [0.29, 0.717) is 5.92 Å². The quantitative estimate of drug-likeness (QED) is 0.605. The molecule has 1 aliphatic rings. The van der Waals surface area contributed by atoms with Crippen LogP contribution in [0.4, 0.5) is 0 Å². The predicted molar refractivity (Wildman–Crippen MR) is 82.8 cm³/mol. The zero-order valence-corrected chi connectivity index (χ0v) is 13.2. The van der Waals surface area contributed by atoms with Crippen LogP contribution in [-0.2, 0) is 12.8 Å². The lowest BCUT2D eigenvalue weighted by Crippen LogP contribution is -2.22. The number of nitrogens with zero attached hydrogens (tertiary/aromatic N) is 1. The van der Waals surface area contributed by atoms with Crippen molar-refractivity contribution in [1.82, 2.24) is 10.3 Å². The summed E-state index contributed by atoms with van der Waals surface area (Å²) in [5, 5.41) is 3.43. The monoisotopic (exact) mass is 278 g/mol. The Bertz CT molecular complexity index is 365. The second-order valence-corrected chi connectivity index (χ2v) is 6.63. The first-order chi connectivity index (χ1) is 9.74. The molecule has 0 aromatic carbocycles. The summed E-state index contributed by atoms with van der Waals surface area (Å²) >= 11 is 0. The third-order valence-corrected chi connectivity index (χ3v) is 4.13. The molecule has 0 saturated heterocycles. The van der Waals surface area contributed by atoms with Crippen LogP contribution in [-0.4, -0.2) is 18.1 Å². The molecule has 3 nitrogen and oxygen atoms in total. The number of nitrogens with one attached hydrogen (secondary N) is 1. The molecule has 3 heteroatoms. The first kappa shape index (κ1) is 15.6. The molecule has 0 spiro atoms. The van der Waals surface area contributed by atoms with Gasteiger partial charge in [0.1, 0.15) is 5.76 Å². The fourth-order valence-electron chi connectivity index (χ4n) is 3.00. The van der Waals surface area contributed by atoms with Gasteiger partial charge in [-0.3, -0.25) is 0 Å². The average molecular weight is 278 g/mol. The molecule has 1 saturated carbocycles. The maximum absolute atomic E-state index is 5.88. The maximum atomic E-state index is 5.88. The van der Waals surface area contributed by atoms with Gasteiger partial charge in [-0.15, -0.1) is 0 Å². The number of hydrogen-bond acceptors (Lipinski definition) is 3. The Morgan fingerprint density at radius 2 is 2.00 bits per heavy atom. The Morgan fingerprint density at radius 1 is 1.25 bits per heavy atom. The number of rotatable bonds is 7. The minimum Gasteiger partial charge on any atom is -0.446 e. The molecule has 0 amide bonds. The van der Waals surface area contributed by atoms with Crippen molar-refractivity contribution >= 4 is 0 Å². The van der Waals surface area contributed by atoms with E-state index in [2.05, 4.69) is 24.1 Å². The van der Waals surface area contributed by atoms with Crippen LogP contribution in [0.1, 0.15) is 64.0 Å². The number of aromatic nitrogens is 1. The van der Waals surface area contributed by atoms with Gasteiger partial charge in [0, 0.05) is 19.4 Å². The topological polar surface area (TPSA) is 38.1 Å². The second-order valence-electron chi connectivity index (χ2n) is 6.63. The maximum Gasteiger partial charge on any atom is 0.195 e. The summed E-state index contributed by atoms with van der Waals surface area (Å²) in [5.74, 6) is 3.50. The van der Waals surface area contributed by atoms with E-state index in [4.69, 9.17) is 4.42 Å². The fourth-order valence-corrected chi connectivity index (χ4v) is 3.00. The minimum absolute atomic E-state index is 0.699. The van der Waals surface area contributed by atoms with Gasteiger partial charge in [-0.2, -0.15) is 0 Å². The van der Waals surface area contributed by atoms with Gasteiger partial charge in [0.2, 0.25) is 0 Å². The summed E-state index contributed by atoms with van der Waals surface area (Å²) < 4.78 is 5.88. The first-order valence-corrected chi connectivity index (χ1v) is 8.38. The van der Waals surface area contributed by atoms with E-state index in [0.717, 1.165) is 43.5 Å². The van der Waals surface area contributed by atoms with E-state index in [9.17, 15) is 0 Å². The molecular weight excluding hydrogens is 248 g/mol. The van der Waals surface area contributed by atoms with Crippen molar-refractivity contribution in [3.63, 3.8) is 0 Å². The molecule has 1 fully saturated rings. The fraction of sp³-hybridized carbons (Fsp3) is 0.824. The van der Waals surface area contributed by atoms with Crippen LogP contribution < -0.4 is 5.32 Å². The molecule has 0 aliphatic heterocycles. The van der Waals surface area contributed by atoms with Gasteiger partial charge >= 0.3 is 0 Å². The van der Waals surface area contributed by atoms with Gasteiger partial charge in [-0.05, 0) is 18.4 Å². The zero-order chi connectivity index (χ0) is 14.2. The smallest absolute Gasteiger partial charge is 0.195 e. The minimum atomic E-state index is 0.699. The van der Waals surface area contributed by atoms with Crippen LogP contribution in [0.15, 0.2) is 10.6 Å². The molecular formula is C17H30N2O. The summed E-state index contributed by atoms with van der Waals surface area (Å²) in [6.07, 6.45) is 12.3. The Balaban J connectivity index is 1.71. The molecule has 0 bridgehead atoms. The number of oxazole rings is 1. The van der Waals surface area contributed by atoms with E-state index in [1.165, 1.54) is 38.5 Å². The lowest BCUT2D eigenvalue weighted by Gasteiger charge is -2.11. The third kappa shape index (κ3) is 5.66. The Labute approximate surface area is 123 Å². The van der Waals surface area contributed by atoms with Crippen LogP contribution >= 0.6 is 0 Å². The van der Waals surface area contributed by atoms with Gasteiger partial charge in [-0.1, -0.05) is 52.4 Å². The van der Waals surface area contributed by atoms with Gasteiger partial charge < -0.3 is 9.73 Å². The van der Waals surface area contributed by atoms with Crippen LogP contribution in [0.5, 0.6) is 0 Å². The van der Waals surface area contributed by atoms with Gasteiger partial charge in [-0.25, -0.2) is 4.98 Å². The van der Waals surface area contributed by atoms with Gasteiger partial charge in [0.15, 0.2) is 5.89 Å². The van der Waals surface area contributed by atoms with Crippen LogP contribution in [0.3, 0.4) is 0 Å². The first-order valence-electron chi connectivity index (χ1n) is 8.38. The molecule has 0 unspecified atom stereocenters. The van der Waals surface area contributed by atoms with Crippen molar-refractivity contribution in [1.29, 1.82) is 0 Å². The molecule has 0 atom stereocenters. The van der Waals surface area contributed by atoms with E-state index in [1.54, 1.807) is 0 Å². The van der Waals surface area contributed by atoms with Gasteiger partial charge in [0.25, 0.3) is 0 Å². The Hall–Kier alpha value is -0.830. The SMILES string of the molecule is CC(C)CNCCc1ncc(CC2CCCCCC2)o1. The molecule has 1 aromatic heterocycles. The summed E-state index contributed by atoms with van der Waals surface area (Å²) in [6.45, 7) is 6.48. The van der Waals surface area contributed by atoms with Crippen molar-refractivity contribution in [2.75, 3.05) is 13.1 Å². The molecule has 2 rings (SSSR count). The van der Waals surface area contributed by atoms with Crippen LogP contribution in [0.2, 0.25) is 0 Å². The molecule has 114 valence electrons. The summed E-state index contributed by atoms with van der Waals surface area (Å²) in [6, 6.07) is 0. The normalized spacial score (nSPS) is 17.6. The molecule has 1 heterocycles. The van der Waals surface area contributed by atoms with Crippen molar-refractivity contribution in [3.8, 4) is 0 Å². The van der Waals surface area contributed by atoms with Crippen molar-refractivity contribution in [2.45, 2.75) is 65.2 Å². The van der Waals surface area contributed by atoms with E-state index < -0.39 is 0 Å². The highest BCUT2D eigenvalue weighted by Crippen LogP contribution is 2.26. The molecule has 0 radical (unpaired) electrons. The van der Waals surface area contributed by atoms with E-state index >= 15 is 0 Å². The summed E-state index contributed by atoms with van der Waals surface area (Å²) in [5.41, 5.74) is 0. The Kier molecular flexibility index (Phi) is 6.58. The highest BCUT2D eigenvalue weighted by atomic mass is 16.4. The molecule has 1 aliphatic carbocycles. The highest BCUT2D eigenvalue weighted by molar-refractivity contribution is 4.96. The standard InChI is InChI=1S/C17H30N2O/c1-14(2)12-18-10-9-17-19-13-16(20-17)11-15-7-5-3-4-6-8-15/h13-15,18H,3-12H2,1-2H3. The second kappa shape index (κ2) is 8.46. The van der Waals surface area contributed by atoms with Crippen LogP contribution in [0, 0.1) is 11.8 Å². The lowest BCUT2D eigenvalue weighted by atomic mass is 9.96. The Morgan fingerprint density at radius 3 is 2.70 bits per heavy atom. The third-order valence-electron chi connectivity index (χ3n) is 4.13. The van der Waals surface area contributed by atoms with Crippen LogP contribution in [0.25, 0.3) is 0 Å². The average Bonchev–Trinajstić information content (AvgIpc) is 2.69. The summed E-state index contributed by atoms with van der Waals surface area (Å²) in [4.78, 5) is 4.42. The zero-order valence-electron chi connectivity index (χ0n) is 13.2. The lowest BCUT2D eigenvalue weighted by molar-refractivity contribution is 0.384.